The summed E-state index contributed by atoms with van der Waals surface area (Å²) >= 11 is 1.10. The molecule has 20 heavy (non-hydrogen) atoms. The van der Waals surface area contributed by atoms with Crippen molar-refractivity contribution in [1.82, 2.24) is 8.68 Å². The van der Waals surface area contributed by atoms with Crippen molar-refractivity contribution in [3.05, 3.63) is 0 Å². The number of nitrogens with zero attached hydrogens (tertiary/aromatic N) is 3. The largest absolute Gasteiger partial charge is 0.396 e. The van der Waals surface area contributed by atoms with Gasteiger partial charge in [-0.25, -0.2) is 12.7 Å². The molecule has 7 nitrogen and oxygen atoms in total. The third kappa shape index (κ3) is 2.76. The quantitative estimate of drug-likeness (QED) is 0.821. The van der Waals surface area contributed by atoms with Gasteiger partial charge in [-0.15, -0.1) is 0 Å². The van der Waals surface area contributed by atoms with E-state index in [4.69, 9.17) is 5.73 Å². The van der Waals surface area contributed by atoms with E-state index in [-0.39, 0.29) is 23.2 Å². The van der Waals surface area contributed by atoms with E-state index in [1.807, 2.05) is 4.90 Å². The van der Waals surface area contributed by atoms with Crippen molar-refractivity contribution in [2.24, 2.45) is 5.92 Å². The molecule has 2 heterocycles. The molecule has 1 aromatic rings. The highest BCUT2D eigenvalue weighted by molar-refractivity contribution is 7.89. The van der Waals surface area contributed by atoms with Crippen LogP contribution >= 0.6 is 11.5 Å². The monoisotopic (exact) mass is 320 g/mol. The Morgan fingerprint density at radius 2 is 2.25 bits per heavy atom. The standard InChI is InChI=1S/C11H20N4O3S2/c1-14(2)20(17,18)9-10(12)13-19-11(9)15-5-3-4-8(6-15)7-16/h8,16H,3-7H2,1-2H3,(H2,12,13). The zero-order valence-electron chi connectivity index (χ0n) is 11.6. The lowest BCUT2D eigenvalue weighted by Gasteiger charge is -2.33. The van der Waals surface area contributed by atoms with Crippen molar-refractivity contribution in [1.29, 1.82) is 0 Å². The molecule has 1 aliphatic rings. The molecule has 1 saturated heterocycles. The molecule has 0 aromatic carbocycles. The van der Waals surface area contributed by atoms with Gasteiger partial charge in [0.05, 0.1) is 0 Å². The van der Waals surface area contributed by atoms with Crippen molar-refractivity contribution in [3.63, 3.8) is 0 Å². The van der Waals surface area contributed by atoms with Gasteiger partial charge in [0, 0.05) is 33.8 Å². The van der Waals surface area contributed by atoms with E-state index in [0.717, 1.165) is 35.2 Å². The van der Waals surface area contributed by atoms with Gasteiger partial charge in [0.15, 0.2) is 10.7 Å². The Balaban J connectivity index is 2.39. The summed E-state index contributed by atoms with van der Waals surface area (Å²) in [6.45, 7) is 1.50. The van der Waals surface area contributed by atoms with E-state index in [0.29, 0.717) is 11.5 Å². The molecule has 0 spiro atoms. The maximum Gasteiger partial charge on any atom is 0.249 e. The second-order valence-corrected chi connectivity index (χ2v) is 7.97. The van der Waals surface area contributed by atoms with E-state index in [1.165, 1.54) is 14.1 Å². The molecule has 2 rings (SSSR count). The number of aliphatic hydroxyl groups excluding tert-OH is 1. The molecule has 9 heteroatoms. The summed E-state index contributed by atoms with van der Waals surface area (Å²) in [5.41, 5.74) is 5.76. The van der Waals surface area contributed by atoms with E-state index < -0.39 is 10.0 Å². The third-order valence-corrected chi connectivity index (χ3v) is 6.39. The number of aliphatic hydroxyl groups is 1. The molecule has 0 bridgehead atoms. The number of piperidine rings is 1. The van der Waals surface area contributed by atoms with Gasteiger partial charge in [0.2, 0.25) is 10.0 Å². The Bertz CT molecular complexity index is 570. The molecular formula is C11H20N4O3S2. The van der Waals surface area contributed by atoms with Gasteiger partial charge in [-0.2, -0.15) is 4.37 Å². The first kappa shape index (κ1) is 15.5. The van der Waals surface area contributed by atoms with Crippen LogP contribution < -0.4 is 10.6 Å². The summed E-state index contributed by atoms with van der Waals surface area (Å²) in [4.78, 5) is 2.06. The summed E-state index contributed by atoms with van der Waals surface area (Å²) in [7, 11) is -0.666. The predicted molar refractivity (Wildman–Crippen MR) is 79.4 cm³/mol. The average molecular weight is 320 g/mol. The molecule has 114 valence electrons. The van der Waals surface area contributed by atoms with Crippen LogP contribution in [0, 0.1) is 5.92 Å². The second kappa shape index (κ2) is 5.84. The van der Waals surface area contributed by atoms with Gasteiger partial charge in [0.1, 0.15) is 5.00 Å². The van der Waals surface area contributed by atoms with E-state index in [9.17, 15) is 13.5 Å². The minimum atomic E-state index is -3.62. The van der Waals surface area contributed by atoms with Crippen molar-refractivity contribution in [2.75, 3.05) is 44.4 Å². The minimum absolute atomic E-state index is 0.0461. The number of nitrogens with two attached hydrogens (primary N) is 1. The maximum absolute atomic E-state index is 12.4. The Hall–Kier alpha value is -0.900. The molecule has 0 radical (unpaired) electrons. The van der Waals surface area contributed by atoms with Gasteiger partial charge in [0.25, 0.3) is 0 Å². The number of sulfonamides is 1. The van der Waals surface area contributed by atoms with Crippen LogP contribution in [0.2, 0.25) is 0 Å². The average Bonchev–Trinajstić information content (AvgIpc) is 2.81. The maximum atomic E-state index is 12.4. The number of aromatic nitrogens is 1. The molecular weight excluding hydrogens is 300 g/mol. The van der Waals surface area contributed by atoms with Crippen molar-refractivity contribution in [2.45, 2.75) is 17.7 Å². The lowest BCUT2D eigenvalue weighted by atomic mass is 9.99. The Kier molecular flexibility index (Phi) is 4.52. The van der Waals surface area contributed by atoms with Crippen molar-refractivity contribution >= 4 is 32.4 Å². The van der Waals surface area contributed by atoms with E-state index >= 15 is 0 Å². The van der Waals surface area contributed by atoms with Crippen LogP contribution in [-0.2, 0) is 10.0 Å². The highest BCUT2D eigenvalue weighted by Crippen LogP contribution is 2.37. The summed E-state index contributed by atoms with van der Waals surface area (Å²) < 4.78 is 29.9. The Labute approximate surface area is 123 Å². The first-order valence-corrected chi connectivity index (χ1v) is 8.62. The first-order valence-electron chi connectivity index (χ1n) is 6.41. The fourth-order valence-corrected chi connectivity index (χ4v) is 4.57. The van der Waals surface area contributed by atoms with E-state index in [2.05, 4.69) is 4.37 Å². The summed E-state index contributed by atoms with van der Waals surface area (Å²) in [6, 6.07) is 0. The van der Waals surface area contributed by atoms with Gasteiger partial charge < -0.3 is 15.7 Å². The van der Waals surface area contributed by atoms with Gasteiger partial charge in [-0.05, 0) is 30.3 Å². The van der Waals surface area contributed by atoms with Gasteiger partial charge in [-0.3, -0.25) is 0 Å². The molecule has 0 amide bonds. The summed E-state index contributed by atoms with van der Waals surface area (Å²) in [5.74, 6) is 0.215. The van der Waals surface area contributed by atoms with Gasteiger partial charge >= 0.3 is 0 Å². The van der Waals surface area contributed by atoms with Crippen LogP contribution in [-0.4, -0.2) is 56.0 Å². The zero-order valence-corrected chi connectivity index (χ0v) is 13.2. The Morgan fingerprint density at radius 1 is 1.55 bits per heavy atom. The first-order chi connectivity index (χ1) is 9.37. The van der Waals surface area contributed by atoms with Crippen LogP contribution in [0.3, 0.4) is 0 Å². The number of anilines is 2. The molecule has 1 fully saturated rings. The summed E-state index contributed by atoms with van der Waals surface area (Å²) in [6.07, 6.45) is 1.88. The van der Waals surface area contributed by atoms with Crippen LogP contribution in [0.25, 0.3) is 0 Å². The number of hydrogen-bond donors (Lipinski definition) is 2. The summed E-state index contributed by atoms with van der Waals surface area (Å²) in [5, 5.41) is 9.87. The molecule has 1 aromatic heterocycles. The normalized spacial score (nSPS) is 20.6. The molecule has 0 aliphatic carbocycles. The number of rotatable bonds is 4. The highest BCUT2D eigenvalue weighted by atomic mass is 32.2. The minimum Gasteiger partial charge on any atom is -0.396 e. The fraction of sp³-hybridized carbons (Fsp3) is 0.727. The van der Waals surface area contributed by atoms with E-state index in [1.54, 1.807) is 0 Å². The molecule has 1 unspecified atom stereocenters. The lowest BCUT2D eigenvalue weighted by Crippen LogP contribution is -2.37. The second-order valence-electron chi connectivity index (χ2n) is 5.13. The van der Waals surface area contributed by atoms with Crippen molar-refractivity contribution in [3.8, 4) is 0 Å². The molecule has 0 saturated carbocycles. The fourth-order valence-electron chi connectivity index (χ4n) is 2.31. The Morgan fingerprint density at radius 3 is 2.85 bits per heavy atom. The predicted octanol–water partition coefficient (Wildman–Crippen LogP) is 0.184. The smallest absolute Gasteiger partial charge is 0.249 e. The molecule has 1 aliphatic heterocycles. The zero-order chi connectivity index (χ0) is 14.9. The van der Waals surface area contributed by atoms with Crippen LogP contribution in [0.1, 0.15) is 12.8 Å². The third-order valence-electron chi connectivity index (χ3n) is 3.46. The van der Waals surface area contributed by atoms with Crippen molar-refractivity contribution < 1.29 is 13.5 Å². The highest BCUT2D eigenvalue weighted by Gasteiger charge is 2.32. The lowest BCUT2D eigenvalue weighted by molar-refractivity contribution is 0.209. The van der Waals surface area contributed by atoms with Crippen LogP contribution in [0.4, 0.5) is 10.8 Å². The molecule has 1 atom stereocenters. The number of nitrogen functional groups attached to an aromatic ring is 1. The molecule has 3 N–H and O–H groups in total. The van der Waals surface area contributed by atoms with Crippen LogP contribution in [0.5, 0.6) is 0 Å². The van der Waals surface area contributed by atoms with Gasteiger partial charge in [-0.1, -0.05) is 0 Å². The van der Waals surface area contributed by atoms with Crippen LogP contribution in [0.15, 0.2) is 4.90 Å². The SMILES string of the molecule is CN(C)S(=O)(=O)c1c(N)nsc1N1CCCC(CO)C1. The number of hydrogen-bond acceptors (Lipinski definition) is 7. The topological polar surface area (TPSA) is 99.8 Å².